The van der Waals surface area contributed by atoms with Crippen LogP contribution in [0.2, 0.25) is 0 Å². The zero-order chi connectivity index (χ0) is 8.39. The molecule has 1 aliphatic carbocycles. The number of aromatic nitrogens is 1. The first kappa shape index (κ1) is 7.53. The molecule has 0 aliphatic heterocycles. The minimum Gasteiger partial charge on any atom is -0.353 e. The fourth-order valence-corrected chi connectivity index (χ4v) is 1.89. The second-order valence-electron chi connectivity index (χ2n) is 3.24. The molecule has 0 radical (unpaired) electrons. The number of hydrogen-bond acceptors (Lipinski definition) is 3. The van der Waals surface area contributed by atoms with Crippen molar-refractivity contribution in [3.8, 4) is 0 Å². The van der Waals surface area contributed by atoms with E-state index in [9.17, 15) is 4.79 Å². The molecule has 1 aliphatic rings. The highest BCUT2D eigenvalue weighted by atomic mass is 16.5. The van der Waals surface area contributed by atoms with Gasteiger partial charge in [0, 0.05) is 5.56 Å². The van der Waals surface area contributed by atoms with Crippen LogP contribution in [0.3, 0.4) is 0 Å². The molecule has 1 aromatic rings. The second-order valence-corrected chi connectivity index (χ2v) is 3.24. The van der Waals surface area contributed by atoms with E-state index in [0.717, 1.165) is 11.8 Å². The summed E-state index contributed by atoms with van der Waals surface area (Å²) in [5.41, 5.74) is 1.00. The highest BCUT2D eigenvalue weighted by molar-refractivity contribution is 5.72. The van der Waals surface area contributed by atoms with Crippen molar-refractivity contribution < 1.29 is 9.32 Å². The number of carbonyl (C=O) groups is 1. The lowest BCUT2D eigenvalue weighted by molar-refractivity contribution is 0.109. The number of nitrogens with zero attached hydrogens (tertiary/aromatic N) is 1. The Kier molecular flexibility index (Phi) is 1.94. The van der Waals surface area contributed by atoms with Gasteiger partial charge in [-0.15, -0.1) is 0 Å². The fourth-order valence-electron chi connectivity index (χ4n) is 1.89. The van der Waals surface area contributed by atoms with Crippen molar-refractivity contribution in [2.45, 2.75) is 31.6 Å². The molecular formula is C9H11NO2. The summed E-state index contributed by atoms with van der Waals surface area (Å²) in [5, 5.41) is 3.63. The summed E-state index contributed by atoms with van der Waals surface area (Å²) < 4.78 is 4.81. The molecule has 2 rings (SSSR count). The Morgan fingerprint density at radius 2 is 2.25 bits per heavy atom. The first-order valence-electron chi connectivity index (χ1n) is 4.31. The Labute approximate surface area is 70.7 Å². The van der Waals surface area contributed by atoms with Gasteiger partial charge in [-0.3, -0.25) is 4.79 Å². The first-order valence-corrected chi connectivity index (χ1v) is 4.31. The van der Waals surface area contributed by atoms with E-state index in [0.29, 0.717) is 11.7 Å². The number of hydrogen-bond donors (Lipinski definition) is 0. The lowest BCUT2D eigenvalue weighted by atomic mass is 9.99. The van der Waals surface area contributed by atoms with Crippen LogP contribution in [0, 0.1) is 0 Å². The van der Waals surface area contributed by atoms with E-state index in [1.165, 1.54) is 25.7 Å². The van der Waals surface area contributed by atoms with Gasteiger partial charge in [0.25, 0.3) is 0 Å². The van der Waals surface area contributed by atoms with E-state index >= 15 is 0 Å². The molecule has 1 fully saturated rings. The molecule has 0 unspecified atom stereocenters. The van der Waals surface area contributed by atoms with Crippen molar-refractivity contribution in [2.75, 3.05) is 0 Å². The largest absolute Gasteiger partial charge is 0.353 e. The summed E-state index contributed by atoms with van der Waals surface area (Å²) in [6, 6.07) is 0. The Balaban J connectivity index is 2.25. The van der Waals surface area contributed by atoms with Crippen LogP contribution in [0.5, 0.6) is 0 Å². The minimum atomic E-state index is 0.418. The normalized spacial score (nSPS) is 18.3. The van der Waals surface area contributed by atoms with E-state index in [2.05, 4.69) is 5.16 Å². The quantitative estimate of drug-likeness (QED) is 0.630. The summed E-state index contributed by atoms with van der Waals surface area (Å²) in [6.45, 7) is 0. The van der Waals surface area contributed by atoms with Gasteiger partial charge in [-0.05, 0) is 18.8 Å². The molecule has 12 heavy (non-hydrogen) atoms. The maximum atomic E-state index is 10.5. The number of carbonyl (C=O) groups excluding carboxylic acids is 1. The van der Waals surface area contributed by atoms with Gasteiger partial charge >= 0.3 is 0 Å². The average molecular weight is 165 g/mol. The van der Waals surface area contributed by atoms with Crippen LogP contribution in [-0.4, -0.2) is 11.4 Å². The van der Waals surface area contributed by atoms with Crippen molar-refractivity contribution >= 4 is 6.29 Å². The number of rotatable bonds is 2. The van der Waals surface area contributed by atoms with E-state index in [4.69, 9.17) is 4.52 Å². The highest BCUT2D eigenvalue weighted by Crippen LogP contribution is 2.35. The van der Waals surface area contributed by atoms with Crippen molar-refractivity contribution in [1.29, 1.82) is 0 Å². The van der Waals surface area contributed by atoms with E-state index in [1.807, 2.05) is 0 Å². The standard InChI is InChI=1S/C9H11NO2/c11-6-9-8(5-10-12-9)7-3-1-2-4-7/h5-7H,1-4H2. The predicted molar refractivity (Wildman–Crippen MR) is 43.1 cm³/mol. The Bertz CT molecular complexity index is 274. The van der Waals surface area contributed by atoms with Crippen LogP contribution in [0.1, 0.15) is 47.7 Å². The fraction of sp³-hybridized carbons (Fsp3) is 0.556. The molecular weight excluding hydrogens is 154 g/mol. The molecule has 0 bridgehead atoms. The number of aldehydes is 1. The lowest BCUT2D eigenvalue weighted by Gasteiger charge is -2.03. The third-order valence-corrected chi connectivity index (χ3v) is 2.53. The minimum absolute atomic E-state index is 0.418. The van der Waals surface area contributed by atoms with Crippen molar-refractivity contribution in [3.05, 3.63) is 17.5 Å². The lowest BCUT2D eigenvalue weighted by Crippen LogP contribution is -1.93. The Morgan fingerprint density at radius 1 is 1.50 bits per heavy atom. The molecule has 0 atom stereocenters. The molecule has 0 N–H and O–H groups in total. The van der Waals surface area contributed by atoms with Gasteiger partial charge < -0.3 is 4.52 Å². The molecule has 0 aromatic carbocycles. The molecule has 1 aromatic heterocycles. The monoisotopic (exact) mass is 165 g/mol. The molecule has 3 nitrogen and oxygen atoms in total. The van der Waals surface area contributed by atoms with Crippen molar-refractivity contribution in [1.82, 2.24) is 5.16 Å². The van der Waals surface area contributed by atoms with Gasteiger partial charge in [0.1, 0.15) is 0 Å². The van der Waals surface area contributed by atoms with Gasteiger partial charge in [0.15, 0.2) is 6.29 Å². The van der Waals surface area contributed by atoms with Gasteiger partial charge in [-0.1, -0.05) is 18.0 Å². The topological polar surface area (TPSA) is 43.1 Å². The third kappa shape index (κ3) is 1.15. The van der Waals surface area contributed by atoms with Crippen LogP contribution in [0.4, 0.5) is 0 Å². The molecule has 3 heteroatoms. The zero-order valence-electron chi connectivity index (χ0n) is 6.82. The van der Waals surface area contributed by atoms with E-state index in [1.54, 1.807) is 6.20 Å². The van der Waals surface area contributed by atoms with Crippen molar-refractivity contribution in [3.63, 3.8) is 0 Å². The smallest absolute Gasteiger partial charge is 0.202 e. The highest BCUT2D eigenvalue weighted by Gasteiger charge is 2.22. The molecule has 0 saturated heterocycles. The molecule has 0 spiro atoms. The Morgan fingerprint density at radius 3 is 2.92 bits per heavy atom. The zero-order valence-corrected chi connectivity index (χ0v) is 6.82. The second kappa shape index (κ2) is 3.09. The third-order valence-electron chi connectivity index (χ3n) is 2.53. The van der Waals surface area contributed by atoms with Gasteiger partial charge in [-0.2, -0.15) is 0 Å². The van der Waals surface area contributed by atoms with Gasteiger partial charge in [-0.25, -0.2) is 0 Å². The van der Waals surface area contributed by atoms with Crippen LogP contribution in [-0.2, 0) is 0 Å². The van der Waals surface area contributed by atoms with Gasteiger partial charge in [0.05, 0.1) is 6.20 Å². The first-order chi connectivity index (χ1) is 5.92. The van der Waals surface area contributed by atoms with Crippen LogP contribution in [0.25, 0.3) is 0 Å². The summed E-state index contributed by atoms with van der Waals surface area (Å²) in [6.07, 6.45) is 7.28. The molecule has 0 amide bonds. The van der Waals surface area contributed by atoms with Gasteiger partial charge in [0.2, 0.25) is 5.76 Å². The maximum Gasteiger partial charge on any atom is 0.202 e. The maximum absolute atomic E-state index is 10.5. The van der Waals surface area contributed by atoms with Crippen LogP contribution in [0.15, 0.2) is 10.7 Å². The molecule has 1 saturated carbocycles. The Hall–Kier alpha value is -1.12. The summed E-state index contributed by atoms with van der Waals surface area (Å²) in [4.78, 5) is 10.5. The summed E-state index contributed by atoms with van der Waals surface area (Å²) >= 11 is 0. The van der Waals surface area contributed by atoms with Crippen LogP contribution < -0.4 is 0 Å². The SMILES string of the molecule is O=Cc1oncc1C1CCCC1. The predicted octanol–water partition coefficient (Wildman–Crippen LogP) is 2.14. The average Bonchev–Trinajstić information content (AvgIpc) is 2.74. The van der Waals surface area contributed by atoms with E-state index in [-0.39, 0.29) is 0 Å². The summed E-state index contributed by atoms with van der Waals surface area (Å²) in [5.74, 6) is 0.929. The van der Waals surface area contributed by atoms with E-state index < -0.39 is 0 Å². The van der Waals surface area contributed by atoms with Crippen molar-refractivity contribution in [2.24, 2.45) is 0 Å². The molecule has 1 heterocycles. The van der Waals surface area contributed by atoms with Crippen LogP contribution >= 0.6 is 0 Å². The summed E-state index contributed by atoms with van der Waals surface area (Å²) in [7, 11) is 0. The molecule has 64 valence electrons.